The molecule has 0 aliphatic heterocycles. The average Bonchev–Trinajstić information content (AvgIpc) is 3.16. The summed E-state index contributed by atoms with van der Waals surface area (Å²) in [5.41, 5.74) is 7.14. The lowest BCUT2D eigenvalue weighted by Crippen LogP contribution is -2.21. The topological polar surface area (TPSA) is 59.3 Å². The Morgan fingerprint density at radius 2 is 1.78 bits per heavy atom. The number of amides is 1. The molecule has 4 aromatic rings. The number of hydrogen-bond donors (Lipinski definition) is 1. The van der Waals surface area contributed by atoms with E-state index in [1.54, 1.807) is 25.1 Å². The summed E-state index contributed by atoms with van der Waals surface area (Å²) in [4.78, 5) is 17.2. The first kappa shape index (κ1) is 22.4. The molecule has 1 aromatic heterocycles. The van der Waals surface area contributed by atoms with Crippen LogP contribution in [0.1, 0.15) is 18.1 Å². The van der Waals surface area contributed by atoms with Crippen LogP contribution in [0, 0.1) is 0 Å². The normalized spacial score (nSPS) is 11.7. The minimum absolute atomic E-state index is 0.191. The zero-order chi connectivity index (χ0) is 22.5. The third-order valence-corrected chi connectivity index (χ3v) is 6.54. The van der Waals surface area contributed by atoms with E-state index < -0.39 is 0 Å². The summed E-state index contributed by atoms with van der Waals surface area (Å²) >= 11 is 13.4. The Morgan fingerprint density at radius 1 is 1.03 bits per heavy atom. The van der Waals surface area contributed by atoms with Crippen LogP contribution >= 0.6 is 35.0 Å². The SMILES string of the molecule is CC(=NNC(=O)CSc1nc2ccccc2n1Cc1ccccc1)c1ccc(Cl)c(Cl)c1. The van der Waals surface area contributed by atoms with E-state index in [4.69, 9.17) is 28.2 Å². The van der Waals surface area contributed by atoms with Crippen LogP contribution in [0.15, 0.2) is 83.1 Å². The predicted octanol–water partition coefficient (Wildman–Crippen LogP) is 6.02. The van der Waals surface area contributed by atoms with Crippen LogP contribution in [-0.2, 0) is 11.3 Å². The van der Waals surface area contributed by atoms with Gasteiger partial charge in [0.05, 0.1) is 39.1 Å². The molecule has 0 saturated carbocycles. The van der Waals surface area contributed by atoms with Gasteiger partial charge in [0, 0.05) is 0 Å². The molecule has 8 heteroatoms. The lowest BCUT2D eigenvalue weighted by Gasteiger charge is -2.09. The highest BCUT2D eigenvalue weighted by Gasteiger charge is 2.13. The Morgan fingerprint density at radius 3 is 2.56 bits per heavy atom. The lowest BCUT2D eigenvalue weighted by atomic mass is 10.1. The molecule has 3 aromatic carbocycles. The van der Waals surface area contributed by atoms with Gasteiger partial charge in [-0.25, -0.2) is 10.4 Å². The third kappa shape index (κ3) is 5.33. The summed E-state index contributed by atoms with van der Waals surface area (Å²) in [6, 6.07) is 23.4. The molecule has 0 aliphatic rings. The number of nitrogens with one attached hydrogen (secondary N) is 1. The standard InChI is InChI=1S/C24H20Cl2N4OS/c1-16(18-11-12-19(25)20(26)13-18)28-29-23(31)15-32-24-27-21-9-5-6-10-22(21)30(24)14-17-7-3-2-4-8-17/h2-13H,14-15H2,1H3,(H,29,31). The summed E-state index contributed by atoms with van der Waals surface area (Å²) in [6.45, 7) is 2.48. The Labute approximate surface area is 200 Å². The highest BCUT2D eigenvalue weighted by molar-refractivity contribution is 7.99. The van der Waals surface area contributed by atoms with Crippen molar-refractivity contribution in [3.8, 4) is 0 Å². The van der Waals surface area contributed by atoms with Crippen molar-refractivity contribution in [3.63, 3.8) is 0 Å². The van der Waals surface area contributed by atoms with Gasteiger partial charge in [-0.2, -0.15) is 5.10 Å². The van der Waals surface area contributed by atoms with Crippen LogP contribution in [0.3, 0.4) is 0 Å². The molecule has 0 spiro atoms. The second-order valence-corrected chi connectivity index (χ2v) is 8.86. The molecule has 1 heterocycles. The first-order valence-electron chi connectivity index (χ1n) is 9.92. The van der Waals surface area contributed by atoms with Gasteiger partial charge in [-0.1, -0.05) is 83.5 Å². The van der Waals surface area contributed by atoms with E-state index >= 15 is 0 Å². The van der Waals surface area contributed by atoms with Crippen LogP contribution in [0.5, 0.6) is 0 Å². The number of hydrogen-bond acceptors (Lipinski definition) is 4. The average molecular weight is 483 g/mol. The molecule has 5 nitrogen and oxygen atoms in total. The fourth-order valence-corrected chi connectivity index (χ4v) is 4.28. The minimum atomic E-state index is -0.215. The Hall–Kier alpha value is -2.80. The number of nitrogens with zero attached hydrogens (tertiary/aromatic N) is 3. The quantitative estimate of drug-likeness (QED) is 0.199. The predicted molar refractivity (Wildman–Crippen MR) is 133 cm³/mol. The van der Waals surface area contributed by atoms with Crippen molar-refractivity contribution >= 4 is 57.6 Å². The van der Waals surface area contributed by atoms with Gasteiger partial charge in [0.15, 0.2) is 5.16 Å². The molecule has 0 fully saturated rings. The van der Waals surface area contributed by atoms with Crippen molar-refractivity contribution in [2.24, 2.45) is 5.10 Å². The van der Waals surface area contributed by atoms with E-state index in [2.05, 4.69) is 27.2 Å². The van der Waals surface area contributed by atoms with E-state index in [0.29, 0.717) is 22.3 Å². The molecular weight excluding hydrogens is 463 g/mol. The summed E-state index contributed by atoms with van der Waals surface area (Å²) in [6.07, 6.45) is 0. The molecule has 0 radical (unpaired) electrons. The van der Waals surface area contributed by atoms with Gasteiger partial charge in [0.25, 0.3) is 5.91 Å². The van der Waals surface area contributed by atoms with Gasteiger partial charge in [-0.05, 0) is 42.3 Å². The maximum atomic E-state index is 12.4. The van der Waals surface area contributed by atoms with Crippen molar-refractivity contribution in [1.29, 1.82) is 0 Å². The van der Waals surface area contributed by atoms with Gasteiger partial charge >= 0.3 is 0 Å². The highest BCUT2D eigenvalue weighted by atomic mass is 35.5. The van der Waals surface area contributed by atoms with Crippen molar-refractivity contribution in [2.45, 2.75) is 18.6 Å². The second-order valence-electron chi connectivity index (χ2n) is 7.10. The number of para-hydroxylation sites is 2. The van der Waals surface area contributed by atoms with E-state index in [9.17, 15) is 4.79 Å². The van der Waals surface area contributed by atoms with Crippen LogP contribution in [0.4, 0.5) is 0 Å². The minimum Gasteiger partial charge on any atom is -0.314 e. The maximum Gasteiger partial charge on any atom is 0.250 e. The van der Waals surface area contributed by atoms with Gasteiger partial charge in [0.2, 0.25) is 0 Å². The van der Waals surface area contributed by atoms with E-state index in [1.165, 1.54) is 17.3 Å². The van der Waals surface area contributed by atoms with Crippen LogP contribution in [-0.4, -0.2) is 26.9 Å². The molecule has 4 rings (SSSR count). The van der Waals surface area contributed by atoms with E-state index in [-0.39, 0.29) is 11.7 Å². The zero-order valence-corrected chi connectivity index (χ0v) is 19.6. The van der Waals surface area contributed by atoms with Crippen molar-refractivity contribution in [1.82, 2.24) is 15.0 Å². The molecule has 0 saturated heterocycles. The summed E-state index contributed by atoms with van der Waals surface area (Å²) in [5, 5.41) is 5.89. The monoisotopic (exact) mass is 482 g/mol. The number of fused-ring (bicyclic) bond motifs is 1. The number of thioether (sulfide) groups is 1. The number of carbonyl (C=O) groups is 1. The number of halogens is 2. The number of aromatic nitrogens is 2. The second kappa shape index (κ2) is 10.2. The molecule has 1 N–H and O–H groups in total. The van der Waals surface area contributed by atoms with Gasteiger partial charge < -0.3 is 4.57 Å². The van der Waals surface area contributed by atoms with Gasteiger partial charge in [0.1, 0.15) is 0 Å². The first-order valence-corrected chi connectivity index (χ1v) is 11.7. The number of benzene rings is 3. The van der Waals surface area contributed by atoms with Gasteiger partial charge in [-0.3, -0.25) is 4.79 Å². The molecule has 162 valence electrons. The lowest BCUT2D eigenvalue weighted by molar-refractivity contribution is -0.118. The summed E-state index contributed by atoms with van der Waals surface area (Å²) in [7, 11) is 0. The Bertz CT molecular complexity index is 1290. The van der Waals surface area contributed by atoms with E-state index in [1.807, 2.05) is 42.5 Å². The van der Waals surface area contributed by atoms with E-state index in [0.717, 1.165) is 21.8 Å². The highest BCUT2D eigenvalue weighted by Crippen LogP contribution is 2.25. The molecule has 0 unspecified atom stereocenters. The summed E-state index contributed by atoms with van der Waals surface area (Å²) in [5.74, 6) is -0.0243. The summed E-state index contributed by atoms with van der Waals surface area (Å²) < 4.78 is 2.13. The number of imidazole rings is 1. The van der Waals surface area contributed by atoms with Crippen LogP contribution < -0.4 is 5.43 Å². The Kier molecular flexibility index (Phi) is 7.15. The smallest absolute Gasteiger partial charge is 0.250 e. The first-order chi connectivity index (χ1) is 15.5. The molecule has 1 amide bonds. The fourth-order valence-electron chi connectivity index (χ4n) is 3.18. The van der Waals surface area contributed by atoms with Crippen LogP contribution in [0.25, 0.3) is 11.0 Å². The van der Waals surface area contributed by atoms with Crippen molar-refractivity contribution in [3.05, 3.63) is 94.0 Å². The Balaban J connectivity index is 1.46. The van der Waals surface area contributed by atoms with Crippen LogP contribution in [0.2, 0.25) is 10.0 Å². The molecule has 0 bridgehead atoms. The van der Waals surface area contributed by atoms with Crippen molar-refractivity contribution < 1.29 is 4.79 Å². The number of rotatable bonds is 7. The molecule has 0 aliphatic carbocycles. The van der Waals surface area contributed by atoms with Crippen molar-refractivity contribution in [2.75, 3.05) is 5.75 Å². The number of carbonyl (C=O) groups excluding carboxylic acids is 1. The fraction of sp³-hybridized carbons (Fsp3) is 0.125. The molecule has 0 atom stereocenters. The zero-order valence-electron chi connectivity index (χ0n) is 17.3. The van der Waals surface area contributed by atoms with Gasteiger partial charge in [-0.15, -0.1) is 0 Å². The largest absolute Gasteiger partial charge is 0.314 e. The molecular formula is C24H20Cl2N4OS. The maximum absolute atomic E-state index is 12.4. The molecule has 32 heavy (non-hydrogen) atoms. The third-order valence-electron chi connectivity index (χ3n) is 4.82. The number of hydrazone groups is 1.